The van der Waals surface area contributed by atoms with Crippen molar-refractivity contribution in [3.8, 4) is 11.5 Å². The van der Waals surface area contributed by atoms with Crippen molar-refractivity contribution in [3.05, 3.63) is 59.4 Å². The van der Waals surface area contributed by atoms with E-state index in [4.69, 9.17) is 4.74 Å². The average Bonchev–Trinajstić information content (AvgIpc) is 3.26. The van der Waals surface area contributed by atoms with E-state index in [1.165, 1.54) is 18.9 Å². The fourth-order valence-corrected chi connectivity index (χ4v) is 2.10. The zero-order valence-corrected chi connectivity index (χ0v) is 11.5. The first-order valence-corrected chi connectivity index (χ1v) is 6.97. The molecule has 104 valence electrons. The van der Waals surface area contributed by atoms with Gasteiger partial charge >= 0.3 is 0 Å². The lowest BCUT2D eigenvalue weighted by Gasteiger charge is -2.12. The van der Waals surface area contributed by atoms with Crippen molar-refractivity contribution in [1.82, 2.24) is 5.32 Å². The van der Waals surface area contributed by atoms with Crippen molar-refractivity contribution >= 4 is 0 Å². The van der Waals surface area contributed by atoms with Crippen molar-refractivity contribution in [1.29, 1.82) is 0 Å². The molecule has 0 radical (unpaired) electrons. The van der Waals surface area contributed by atoms with Gasteiger partial charge in [-0.05, 0) is 43.5 Å². The van der Waals surface area contributed by atoms with Crippen LogP contribution in [-0.2, 0) is 6.54 Å². The predicted octanol–water partition coefficient (Wildman–Crippen LogP) is 4.18. The third kappa shape index (κ3) is 3.17. The molecule has 1 aliphatic carbocycles. The van der Waals surface area contributed by atoms with Crippen LogP contribution in [0.5, 0.6) is 11.5 Å². The van der Waals surface area contributed by atoms with Gasteiger partial charge in [0.25, 0.3) is 0 Å². The Labute approximate surface area is 118 Å². The number of hydrogen-bond donors (Lipinski definition) is 1. The van der Waals surface area contributed by atoms with Gasteiger partial charge < -0.3 is 10.1 Å². The number of para-hydroxylation sites is 1. The van der Waals surface area contributed by atoms with Crippen LogP contribution in [-0.4, -0.2) is 6.04 Å². The molecule has 20 heavy (non-hydrogen) atoms. The summed E-state index contributed by atoms with van der Waals surface area (Å²) in [6, 6.07) is 13.3. The molecule has 0 heterocycles. The van der Waals surface area contributed by atoms with E-state index in [9.17, 15) is 4.39 Å². The highest BCUT2D eigenvalue weighted by molar-refractivity contribution is 5.39. The molecule has 1 fully saturated rings. The number of nitrogens with one attached hydrogen (secondary N) is 1. The summed E-state index contributed by atoms with van der Waals surface area (Å²) in [4.78, 5) is 0. The Bertz CT molecular complexity index is 608. The highest BCUT2D eigenvalue weighted by Crippen LogP contribution is 2.29. The molecule has 0 atom stereocenters. The van der Waals surface area contributed by atoms with E-state index >= 15 is 0 Å². The van der Waals surface area contributed by atoms with E-state index in [0.717, 1.165) is 17.7 Å². The maximum absolute atomic E-state index is 13.8. The normalized spacial score (nSPS) is 14.3. The van der Waals surface area contributed by atoms with Crippen LogP contribution in [0, 0.1) is 12.7 Å². The van der Waals surface area contributed by atoms with Crippen LogP contribution in [0.2, 0.25) is 0 Å². The molecule has 2 aromatic carbocycles. The van der Waals surface area contributed by atoms with Crippen LogP contribution in [0.4, 0.5) is 4.39 Å². The summed E-state index contributed by atoms with van der Waals surface area (Å²) in [6.07, 6.45) is 2.49. The highest BCUT2D eigenvalue weighted by atomic mass is 19.1. The number of rotatable bonds is 5. The van der Waals surface area contributed by atoms with Crippen LogP contribution < -0.4 is 10.1 Å². The van der Waals surface area contributed by atoms with E-state index in [-0.39, 0.29) is 11.6 Å². The lowest BCUT2D eigenvalue weighted by molar-refractivity contribution is 0.435. The summed E-state index contributed by atoms with van der Waals surface area (Å²) < 4.78 is 19.5. The highest BCUT2D eigenvalue weighted by Gasteiger charge is 2.20. The lowest BCUT2D eigenvalue weighted by Crippen LogP contribution is -2.15. The molecule has 0 unspecified atom stereocenters. The van der Waals surface area contributed by atoms with Gasteiger partial charge in [-0.15, -0.1) is 0 Å². The topological polar surface area (TPSA) is 21.3 Å². The quantitative estimate of drug-likeness (QED) is 0.881. The molecule has 3 rings (SSSR count). The molecule has 1 N–H and O–H groups in total. The lowest BCUT2D eigenvalue weighted by atomic mass is 10.2. The van der Waals surface area contributed by atoms with E-state index in [2.05, 4.69) is 5.32 Å². The first-order chi connectivity index (χ1) is 9.72. The van der Waals surface area contributed by atoms with Crippen LogP contribution >= 0.6 is 0 Å². The average molecular weight is 271 g/mol. The second kappa shape index (κ2) is 5.63. The smallest absolute Gasteiger partial charge is 0.165 e. The van der Waals surface area contributed by atoms with Gasteiger partial charge in [0.05, 0.1) is 0 Å². The van der Waals surface area contributed by atoms with E-state index in [1.807, 2.05) is 31.2 Å². The predicted molar refractivity (Wildman–Crippen MR) is 77.5 cm³/mol. The molecular formula is C17H18FNO. The van der Waals surface area contributed by atoms with Crippen molar-refractivity contribution in [2.45, 2.75) is 32.4 Å². The van der Waals surface area contributed by atoms with Crippen LogP contribution in [0.1, 0.15) is 24.0 Å². The summed E-state index contributed by atoms with van der Waals surface area (Å²) >= 11 is 0. The SMILES string of the molecule is Cc1ccc(F)c(Oc2ccccc2CNC2CC2)c1. The summed E-state index contributed by atoms with van der Waals surface area (Å²) in [7, 11) is 0. The molecule has 2 nitrogen and oxygen atoms in total. The van der Waals surface area contributed by atoms with Gasteiger partial charge in [0, 0.05) is 18.2 Å². The first-order valence-electron chi connectivity index (χ1n) is 6.97. The molecule has 0 amide bonds. The van der Waals surface area contributed by atoms with Crippen molar-refractivity contribution in [2.75, 3.05) is 0 Å². The number of ether oxygens (including phenoxy) is 1. The Hall–Kier alpha value is -1.87. The van der Waals surface area contributed by atoms with Crippen LogP contribution in [0.25, 0.3) is 0 Å². The van der Waals surface area contributed by atoms with Gasteiger partial charge in [0.1, 0.15) is 5.75 Å². The van der Waals surface area contributed by atoms with E-state index in [1.54, 1.807) is 12.1 Å². The number of hydrogen-bond acceptors (Lipinski definition) is 2. The molecule has 1 aliphatic rings. The Morgan fingerprint density at radius 3 is 2.75 bits per heavy atom. The minimum Gasteiger partial charge on any atom is -0.454 e. The van der Waals surface area contributed by atoms with Gasteiger partial charge in [0.15, 0.2) is 11.6 Å². The monoisotopic (exact) mass is 271 g/mol. The molecule has 1 saturated carbocycles. The molecule has 0 saturated heterocycles. The minimum atomic E-state index is -0.333. The number of halogens is 1. The molecule has 2 aromatic rings. The first kappa shape index (κ1) is 13.1. The summed E-state index contributed by atoms with van der Waals surface area (Å²) in [5.41, 5.74) is 2.04. The summed E-state index contributed by atoms with van der Waals surface area (Å²) in [5.74, 6) is 0.662. The second-order valence-electron chi connectivity index (χ2n) is 5.30. The molecule has 0 aliphatic heterocycles. The number of benzene rings is 2. The van der Waals surface area contributed by atoms with Crippen molar-refractivity contribution in [2.24, 2.45) is 0 Å². The molecule has 3 heteroatoms. The Morgan fingerprint density at radius 2 is 1.95 bits per heavy atom. The zero-order valence-electron chi connectivity index (χ0n) is 11.5. The van der Waals surface area contributed by atoms with E-state index < -0.39 is 0 Å². The molecule has 0 spiro atoms. The van der Waals surface area contributed by atoms with Gasteiger partial charge in [-0.1, -0.05) is 24.3 Å². The van der Waals surface area contributed by atoms with Gasteiger partial charge in [0.2, 0.25) is 0 Å². The molecule has 0 bridgehead atoms. The largest absolute Gasteiger partial charge is 0.454 e. The van der Waals surface area contributed by atoms with Gasteiger partial charge in [-0.25, -0.2) is 4.39 Å². The Balaban J connectivity index is 1.80. The van der Waals surface area contributed by atoms with Gasteiger partial charge in [-0.3, -0.25) is 0 Å². The van der Waals surface area contributed by atoms with Crippen molar-refractivity contribution in [3.63, 3.8) is 0 Å². The summed E-state index contributed by atoms with van der Waals surface area (Å²) in [6.45, 7) is 2.68. The minimum absolute atomic E-state index is 0.281. The zero-order chi connectivity index (χ0) is 13.9. The van der Waals surface area contributed by atoms with E-state index in [0.29, 0.717) is 11.8 Å². The Kier molecular flexibility index (Phi) is 3.70. The second-order valence-corrected chi connectivity index (χ2v) is 5.30. The summed E-state index contributed by atoms with van der Waals surface area (Å²) in [5, 5.41) is 3.45. The Morgan fingerprint density at radius 1 is 1.15 bits per heavy atom. The molecule has 0 aromatic heterocycles. The fourth-order valence-electron chi connectivity index (χ4n) is 2.10. The third-order valence-corrected chi connectivity index (χ3v) is 3.44. The van der Waals surface area contributed by atoms with Gasteiger partial charge in [-0.2, -0.15) is 0 Å². The fraction of sp³-hybridized carbons (Fsp3) is 0.294. The van der Waals surface area contributed by atoms with Crippen LogP contribution in [0.15, 0.2) is 42.5 Å². The van der Waals surface area contributed by atoms with Crippen LogP contribution in [0.3, 0.4) is 0 Å². The maximum atomic E-state index is 13.8. The number of aryl methyl sites for hydroxylation is 1. The van der Waals surface area contributed by atoms with Crippen molar-refractivity contribution < 1.29 is 9.13 Å². The third-order valence-electron chi connectivity index (χ3n) is 3.44. The maximum Gasteiger partial charge on any atom is 0.165 e. The standard InChI is InChI=1S/C17H18FNO/c1-12-6-9-15(18)17(10-12)20-16-5-3-2-4-13(16)11-19-14-7-8-14/h2-6,9-10,14,19H,7-8,11H2,1H3. The molecular weight excluding hydrogens is 253 g/mol.